The van der Waals surface area contributed by atoms with Gasteiger partial charge in [0.15, 0.2) is 7.14 Å². The SMILES string of the molecule is CCCP(=O)(C(=O)c1c(C)cccc1Cl)c1ccccc1. The highest BCUT2D eigenvalue weighted by atomic mass is 35.5. The Morgan fingerprint density at radius 2 is 1.76 bits per heavy atom. The van der Waals surface area contributed by atoms with E-state index in [0.29, 0.717) is 28.5 Å². The van der Waals surface area contributed by atoms with Crippen LogP contribution < -0.4 is 5.30 Å². The van der Waals surface area contributed by atoms with Crippen LogP contribution in [0.2, 0.25) is 5.02 Å². The number of carbonyl (C=O) groups is 1. The lowest BCUT2D eigenvalue weighted by molar-refractivity contribution is 0.107. The molecule has 2 rings (SSSR count). The smallest absolute Gasteiger partial charge is 0.227 e. The summed E-state index contributed by atoms with van der Waals surface area (Å²) in [6.45, 7) is 3.75. The second-order valence-corrected chi connectivity index (χ2v) is 8.29. The first-order valence-corrected chi connectivity index (χ1v) is 9.22. The molecule has 0 aliphatic heterocycles. The molecular formula is C17H18ClO2P. The first kappa shape index (κ1) is 16.0. The number of hydrogen-bond acceptors (Lipinski definition) is 2. The van der Waals surface area contributed by atoms with Gasteiger partial charge in [-0.3, -0.25) is 4.79 Å². The molecule has 2 nitrogen and oxygen atoms in total. The van der Waals surface area contributed by atoms with Crippen LogP contribution in [-0.4, -0.2) is 11.7 Å². The Hall–Kier alpha value is -1.37. The molecule has 0 amide bonds. The molecule has 110 valence electrons. The molecule has 0 aliphatic rings. The second-order valence-electron chi connectivity index (χ2n) is 5.04. The Kier molecular flexibility index (Phi) is 5.03. The Morgan fingerprint density at radius 3 is 2.33 bits per heavy atom. The Bertz CT molecular complexity index is 675. The Morgan fingerprint density at radius 1 is 1.10 bits per heavy atom. The highest BCUT2D eigenvalue weighted by Crippen LogP contribution is 2.49. The zero-order chi connectivity index (χ0) is 15.5. The van der Waals surface area contributed by atoms with Gasteiger partial charge in [0.2, 0.25) is 5.52 Å². The van der Waals surface area contributed by atoms with E-state index in [4.69, 9.17) is 11.6 Å². The molecule has 0 aliphatic carbocycles. The van der Waals surface area contributed by atoms with Gasteiger partial charge in [-0.25, -0.2) is 0 Å². The van der Waals surface area contributed by atoms with Crippen molar-refractivity contribution in [1.82, 2.24) is 0 Å². The number of rotatable bonds is 5. The summed E-state index contributed by atoms with van der Waals surface area (Å²) in [5.74, 6) is 0. The second kappa shape index (κ2) is 6.60. The van der Waals surface area contributed by atoms with Crippen LogP contribution in [0.5, 0.6) is 0 Å². The largest absolute Gasteiger partial charge is 0.310 e. The fourth-order valence-corrected chi connectivity index (χ4v) is 5.43. The third kappa shape index (κ3) is 3.12. The van der Waals surface area contributed by atoms with Crippen molar-refractivity contribution in [3.63, 3.8) is 0 Å². The lowest BCUT2D eigenvalue weighted by atomic mass is 10.1. The maximum atomic E-state index is 13.4. The van der Waals surface area contributed by atoms with Gasteiger partial charge in [-0.15, -0.1) is 0 Å². The van der Waals surface area contributed by atoms with E-state index in [0.717, 1.165) is 5.56 Å². The third-order valence-corrected chi connectivity index (χ3v) is 6.88. The average Bonchev–Trinajstić information content (AvgIpc) is 2.48. The maximum Gasteiger partial charge on any atom is 0.227 e. The third-order valence-electron chi connectivity index (χ3n) is 3.48. The zero-order valence-corrected chi connectivity index (χ0v) is 13.8. The molecule has 4 heteroatoms. The van der Waals surface area contributed by atoms with Gasteiger partial charge in [0.05, 0.1) is 5.02 Å². The lowest BCUT2D eigenvalue weighted by Gasteiger charge is -2.18. The highest BCUT2D eigenvalue weighted by molar-refractivity contribution is 7.87. The van der Waals surface area contributed by atoms with Crippen LogP contribution in [0.3, 0.4) is 0 Å². The Labute approximate surface area is 130 Å². The van der Waals surface area contributed by atoms with Crippen molar-refractivity contribution in [3.05, 3.63) is 64.7 Å². The van der Waals surface area contributed by atoms with Gasteiger partial charge >= 0.3 is 0 Å². The van der Waals surface area contributed by atoms with Crippen molar-refractivity contribution in [2.24, 2.45) is 0 Å². The highest BCUT2D eigenvalue weighted by Gasteiger charge is 2.35. The number of halogens is 1. The summed E-state index contributed by atoms with van der Waals surface area (Å²) in [5.41, 5.74) is 0.818. The summed E-state index contributed by atoms with van der Waals surface area (Å²) in [4.78, 5) is 13.0. The van der Waals surface area contributed by atoms with Crippen molar-refractivity contribution >= 4 is 29.6 Å². The van der Waals surface area contributed by atoms with Gasteiger partial charge in [0.25, 0.3) is 0 Å². The molecule has 2 aromatic carbocycles. The van der Waals surface area contributed by atoms with Crippen LogP contribution >= 0.6 is 18.7 Å². The van der Waals surface area contributed by atoms with E-state index in [2.05, 4.69) is 0 Å². The minimum atomic E-state index is -3.16. The molecule has 0 aromatic heterocycles. The number of hydrogen-bond donors (Lipinski definition) is 0. The summed E-state index contributed by atoms with van der Waals surface area (Å²) in [7, 11) is -3.16. The van der Waals surface area contributed by atoms with Crippen LogP contribution in [0, 0.1) is 6.92 Å². The molecule has 0 N–H and O–H groups in total. The van der Waals surface area contributed by atoms with E-state index in [1.54, 1.807) is 24.3 Å². The molecule has 0 bridgehead atoms. The van der Waals surface area contributed by atoms with E-state index in [1.165, 1.54) is 0 Å². The first-order chi connectivity index (χ1) is 10.0. The van der Waals surface area contributed by atoms with Crippen molar-refractivity contribution in [2.45, 2.75) is 20.3 Å². The van der Waals surface area contributed by atoms with Crippen molar-refractivity contribution in [1.29, 1.82) is 0 Å². The quantitative estimate of drug-likeness (QED) is 0.735. The van der Waals surface area contributed by atoms with Crippen molar-refractivity contribution in [3.8, 4) is 0 Å². The van der Waals surface area contributed by atoms with Crippen LogP contribution in [0.1, 0.15) is 29.3 Å². The minimum absolute atomic E-state index is 0.335. The van der Waals surface area contributed by atoms with Crippen LogP contribution in [0.15, 0.2) is 48.5 Å². The summed E-state index contributed by atoms with van der Waals surface area (Å²) in [6.07, 6.45) is 1.04. The minimum Gasteiger partial charge on any atom is -0.310 e. The van der Waals surface area contributed by atoms with E-state index in [9.17, 15) is 9.36 Å². The molecule has 21 heavy (non-hydrogen) atoms. The van der Waals surface area contributed by atoms with Gasteiger partial charge < -0.3 is 4.57 Å². The van der Waals surface area contributed by atoms with Crippen molar-refractivity contribution < 1.29 is 9.36 Å². The van der Waals surface area contributed by atoms with Crippen LogP contribution in [0.25, 0.3) is 0 Å². The van der Waals surface area contributed by atoms with Gasteiger partial charge in [0.1, 0.15) is 0 Å². The van der Waals surface area contributed by atoms with E-state index in [1.807, 2.05) is 38.1 Å². The van der Waals surface area contributed by atoms with E-state index >= 15 is 0 Å². The summed E-state index contributed by atoms with van der Waals surface area (Å²) >= 11 is 6.18. The molecule has 1 atom stereocenters. The summed E-state index contributed by atoms with van der Waals surface area (Å²) in [6, 6.07) is 14.3. The predicted molar refractivity (Wildman–Crippen MR) is 89.4 cm³/mol. The molecule has 0 radical (unpaired) electrons. The monoisotopic (exact) mass is 320 g/mol. The van der Waals surface area contributed by atoms with Gasteiger partial charge in [-0.05, 0) is 25.0 Å². The number of aryl methyl sites for hydroxylation is 1. The predicted octanol–water partition coefficient (Wildman–Crippen LogP) is 4.89. The molecule has 0 spiro atoms. The van der Waals surface area contributed by atoms with Gasteiger partial charge in [-0.1, -0.05) is 61.0 Å². The summed E-state index contributed by atoms with van der Waals surface area (Å²) < 4.78 is 13.4. The zero-order valence-electron chi connectivity index (χ0n) is 12.2. The molecule has 0 fully saturated rings. The average molecular weight is 321 g/mol. The van der Waals surface area contributed by atoms with Gasteiger partial charge in [0, 0.05) is 17.0 Å². The summed E-state index contributed by atoms with van der Waals surface area (Å²) in [5, 5.41) is 0.975. The molecular weight excluding hydrogens is 303 g/mol. The number of benzene rings is 2. The maximum absolute atomic E-state index is 13.4. The van der Waals surface area contributed by atoms with Crippen LogP contribution in [0.4, 0.5) is 0 Å². The molecule has 2 aromatic rings. The normalized spacial score (nSPS) is 13.7. The molecule has 1 unspecified atom stereocenters. The topological polar surface area (TPSA) is 34.1 Å². The lowest BCUT2D eigenvalue weighted by Crippen LogP contribution is -2.17. The Balaban J connectivity index is 2.59. The fraction of sp³-hybridized carbons (Fsp3) is 0.235. The molecule has 0 heterocycles. The molecule has 0 saturated carbocycles. The standard InChI is InChI=1S/C17H18ClO2P/c1-3-12-21(20,14-9-5-4-6-10-14)17(19)16-13(2)8-7-11-15(16)18/h4-11H,3,12H2,1-2H3. The molecule has 0 saturated heterocycles. The van der Waals surface area contributed by atoms with E-state index < -0.39 is 7.14 Å². The van der Waals surface area contributed by atoms with Crippen molar-refractivity contribution in [2.75, 3.05) is 6.16 Å². The first-order valence-electron chi connectivity index (χ1n) is 6.95. The fourth-order valence-electron chi connectivity index (χ4n) is 2.41. The number of carbonyl (C=O) groups excluding carboxylic acids is 1. The van der Waals surface area contributed by atoms with Gasteiger partial charge in [-0.2, -0.15) is 0 Å². The van der Waals surface area contributed by atoms with E-state index in [-0.39, 0.29) is 5.52 Å². The van der Waals surface area contributed by atoms with Crippen LogP contribution in [-0.2, 0) is 4.57 Å².